The molecule has 2 aliphatic carbocycles. The highest BCUT2D eigenvalue weighted by Crippen LogP contribution is 2.44. The fourth-order valence-corrected chi connectivity index (χ4v) is 4.50. The molecule has 2 amide bonds. The molecule has 3 rings (SSSR count). The maximum absolute atomic E-state index is 11.9. The Morgan fingerprint density at radius 2 is 1.91 bits per heavy atom. The molecule has 2 N–H and O–H groups in total. The maximum Gasteiger partial charge on any atom is 0.315 e. The smallest absolute Gasteiger partial charge is 0.315 e. The second-order valence-electron chi connectivity index (χ2n) is 6.85. The lowest BCUT2D eigenvalue weighted by molar-refractivity contribution is 0.231. The standard InChI is InChI=1S/C17H24N2O3S/c1-23(21,22)15-6-3-12(4-7-15)8-9-18-17(20)19-16-11-13-2-5-14(16)10-13/h3-4,6-7,13-14,16H,2,5,8-11H2,1H3,(H2,18,19,20)/t13-,14-,16-/m0/s1. The van der Waals surface area contributed by atoms with E-state index in [9.17, 15) is 13.2 Å². The average molecular weight is 336 g/mol. The van der Waals surface area contributed by atoms with Gasteiger partial charge in [0.2, 0.25) is 0 Å². The largest absolute Gasteiger partial charge is 0.338 e. The van der Waals surface area contributed by atoms with Gasteiger partial charge in [0, 0.05) is 18.8 Å². The van der Waals surface area contributed by atoms with Crippen molar-refractivity contribution in [1.82, 2.24) is 10.6 Å². The predicted octanol–water partition coefficient (Wildman–Crippen LogP) is 2.12. The van der Waals surface area contributed by atoms with Gasteiger partial charge < -0.3 is 10.6 Å². The summed E-state index contributed by atoms with van der Waals surface area (Å²) in [5.41, 5.74) is 1.01. The number of carbonyl (C=O) groups is 1. The molecule has 1 aromatic carbocycles. The molecule has 0 spiro atoms. The van der Waals surface area contributed by atoms with Crippen LogP contribution in [0.3, 0.4) is 0 Å². The topological polar surface area (TPSA) is 75.3 Å². The van der Waals surface area contributed by atoms with Gasteiger partial charge in [0.1, 0.15) is 0 Å². The Labute approximate surface area is 137 Å². The van der Waals surface area contributed by atoms with Gasteiger partial charge in [0.15, 0.2) is 9.84 Å². The SMILES string of the molecule is CS(=O)(=O)c1ccc(CCNC(=O)N[C@H]2C[C@H]3CC[C@H]2C3)cc1. The van der Waals surface area contributed by atoms with Crippen LogP contribution in [-0.4, -0.2) is 33.3 Å². The van der Waals surface area contributed by atoms with E-state index in [-0.39, 0.29) is 6.03 Å². The van der Waals surface area contributed by atoms with Crippen LogP contribution >= 0.6 is 0 Å². The molecular weight excluding hydrogens is 312 g/mol. The normalized spacial score (nSPS) is 26.2. The van der Waals surface area contributed by atoms with Gasteiger partial charge in [-0.25, -0.2) is 13.2 Å². The fraction of sp³-hybridized carbons (Fsp3) is 0.588. The van der Waals surface area contributed by atoms with Gasteiger partial charge in [-0.15, -0.1) is 0 Å². The van der Waals surface area contributed by atoms with Gasteiger partial charge in [-0.05, 0) is 55.2 Å². The van der Waals surface area contributed by atoms with Crippen LogP contribution in [-0.2, 0) is 16.3 Å². The average Bonchev–Trinajstić information content (AvgIpc) is 3.09. The first-order valence-corrected chi connectivity index (χ1v) is 10.1. The molecular formula is C17H24N2O3S. The fourth-order valence-electron chi connectivity index (χ4n) is 3.86. The number of rotatable bonds is 5. The van der Waals surface area contributed by atoms with E-state index < -0.39 is 9.84 Å². The Bertz CT molecular complexity index is 670. The lowest BCUT2D eigenvalue weighted by atomic mass is 9.95. The van der Waals surface area contributed by atoms with Gasteiger partial charge in [-0.3, -0.25) is 0 Å². The molecule has 23 heavy (non-hydrogen) atoms. The lowest BCUT2D eigenvalue weighted by Gasteiger charge is -2.23. The summed E-state index contributed by atoms with van der Waals surface area (Å²) in [5, 5.41) is 5.99. The Hall–Kier alpha value is -1.56. The summed E-state index contributed by atoms with van der Waals surface area (Å²) in [6.07, 6.45) is 6.87. The highest BCUT2D eigenvalue weighted by molar-refractivity contribution is 7.90. The zero-order valence-electron chi connectivity index (χ0n) is 13.4. The van der Waals surface area contributed by atoms with Crippen molar-refractivity contribution in [3.05, 3.63) is 29.8 Å². The van der Waals surface area contributed by atoms with Crippen molar-refractivity contribution >= 4 is 15.9 Å². The molecule has 2 saturated carbocycles. The molecule has 0 heterocycles. The van der Waals surface area contributed by atoms with Crippen LogP contribution in [0.2, 0.25) is 0 Å². The first-order chi connectivity index (χ1) is 10.9. The van der Waals surface area contributed by atoms with Gasteiger partial charge in [0.25, 0.3) is 0 Å². The Kier molecular flexibility index (Phi) is 4.62. The highest BCUT2D eigenvalue weighted by atomic mass is 32.2. The third-order valence-corrected chi connectivity index (χ3v) is 6.23. The third kappa shape index (κ3) is 4.05. The van der Waals surface area contributed by atoms with Gasteiger partial charge in [0.05, 0.1) is 4.90 Å². The van der Waals surface area contributed by atoms with Crippen molar-refractivity contribution in [1.29, 1.82) is 0 Å². The van der Waals surface area contributed by atoms with Crippen LogP contribution in [0, 0.1) is 11.8 Å². The van der Waals surface area contributed by atoms with E-state index in [1.165, 1.54) is 25.5 Å². The van der Waals surface area contributed by atoms with Crippen LogP contribution in [0.25, 0.3) is 0 Å². The molecule has 6 heteroatoms. The Morgan fingerprint density at radius 3 is 2.48 bits per heavy atom. The van der Waals surface area contributed by atoms with Crippen LogP contribution in [0.15, 0.2) is 29.2 Å². The molecule has 1 aromatic rings. The molecule has 0 saturated heterocycles. The number of urea groups is 1. The molecule has 5 nitrogen and oxygen atoms in total. The van der Waals surface area contributed by atoms with E-state index >= 15 is 0 Å². The molecule has 126 valence electrons. The second kappa shape index (κ2) is 6.51. The van der Waals surface area contributed by atoms with E-state index in [2.05, 4.69) is 10.6 Å². The summed E-state index contributed by atoms with van der Waals surface area (Å²) in [4.78, 5) is 12.3. The minimum atomic E-state index is -3.15. The first-order valence-electron chi connectivity index (χ1n) is 8.25. The minimum Gasteiger partial charge on any atom is -0.338 e. The van der Waals surface area contributed by atoms with E-state index in [1.807, 2.05) is 0 Å². The third-order valence-electron chi connectivity index (χ3n) is 5.11. The van der Waals surface area contributed by atoms with Crippen molar-refractivity contribution in [3.63, 3.8) is 0 Å². The van der Waals surface area contributed by atoms with E-state index in [1.54, 1.807) is 24.3 Å². The van der Waals surface area contributed by atoms with Crippen molar-refractivity contribution in [2.45, 2.75) is 43.0 Å². The number of nitrogens with one attached hydrogen (secondary N) is 2. The molecule has 0 aromatic heterocycles. The van der Waals surface area contributed by atoms with Gasteiger partial charge in [-0.2, -0.15) is 0 Å². The maximum atomic E-state index is 11.9. The van der Waals surface area contributed by atoms with E-state index in [0.29, 0.717) is 29.8 Å². The Morgan fingerprint density at radius 1 is 1.17 bits per heavy atom. The van der Waals surface area contributed by atoms with Crippen LogP contribution in [0.5, 0.6) is 0 Å². The lowest BCUT2D eigenvalue weighted by Crippen LogP contribution is -2.44. The number of carbonyl (C=O) groups excluding carboxylic acids is 1. The van der Waals surface area contributed by atoms with Crippen LogP contribution in [0.1, 0.15) is 31.2 Å². The zero-order valence-corrected chi connectivity index (χ0v) is 14.2. The molecule has 3 atom stereocenters. The quantitative estimate of drug-likeness (QED) is 0.865. The first kappa shape index (κ1) is 16.3. The van der Waals surface area contributed by atoms with Gasteiger partial charge >= 0.3 is 6.03 Å². The highest BCUT2D eigenvalue weighted by Gasteiger charge is 2.39. The van der Waals surface area contributed by atoms with Gasteiger partial charge in [-0.1, -0.05) is 18.6 Å². The molecule has 2 aliphatic rings. The monoisotopic (exact) mass is 336 g/mol. The molecule has 2 fully saturated rings. The summed E-state index contributed by atoms with van der Waals surface area (Å²) >= 11 is 0. The molecule has 0 unspecified atom stereocenters. The second-order valence-corrected chi connectivity index (χ2v) is 8.86. The molecule has 2 bridgehead atoms. The number of fused-ring (bicyclic) bond motifs is 2. The van der Waals surface area contributed by atoms with E-state index in [0.717, 1.165) is 17.9 Å². The summed E-state index contributed by atoms with van der Waals surface area (Å²) in [6, 6.07) is 7.08. The Balaban J connectivity index is 1.41. The van der Waals surface area contributed by atoms with Crippen molar-refractivity contribution in [2.75, 3.05) is 12.8 Å². The summed E-state index contributed by atoms with van der Waals surface area (Å²) < 4.78 is 22.8. The number of hydrogen-bond acceptors (Lipinski definition) is 3. The summed E-state index contributed by atoms with van der Waals surface area (Å²) in [5.74, 6) is 1.49. The minimum absolute atomic E-state index is 0.0877. The van der Waals surface area contributed by atoms with Crippen molar-refractivity contribution in [3.8, 4) is 0 Å². The summed E-state index contributed by atoms with van der Waals surface area (Å²) in [7, 11) is -3.15. The number of amides is 2. The summed E-state index contributed by atoms with van der Waals surface area (Å²) in [6.45, 7) is 0.546. The van der Waals surface area contributed by atoms with Crippen molar-refractivity contribution in [2.24, 2.45) is 11.8 Å². The van der Waals surface area contributed by atoms with Crippen LogP contribution < -0.4 is 10.6 Å². The predicted molar refractivity (Wildman–Crippen MR) is 89.0 cm³/mol. The number of benzene rings is 1. The van der Waals surface area contributed by atoms with Crippen LogP contribution in [0.4, 0.5) is 4.79 Å². The molecule has 0 aliphatic heterocycles. The number of hydrogen-bond donors (Lipinski definition) is 2. The zero-order chi connectivity index (χ0) is 16.4. The van der Waals surface area contributed by atoms with E-state index in [4.69, 9.17) is 0 Å². The number of sulfone groups is 1. The van der Waals surface area contributed by atoms with Crippen molar-refractivity contribution < 1.29 is 13.2 Å². The molecule has 0 radical (unpaired) electrons.